The van der Waals surface area contributed by atoms with Gasteiger partial charge in [-0.05, 0) is 43.2 Å². The van der Waals surface area contributed by atoms with Gasteiger partial charge in [-0.2, -0.15) is 0 Å². The number of carbonyl (C=O) groups is 1. The normalized spacial score (nSPS) is 16.1. The number of anilines is 1. The van der Waals surface area contributed by atoms with Crippen molar-refractivity contribution in [2.24, 2.45) is 0 Å². The summed E-state index contributed by atoms with van der Waals surface area (Å²) in [6.07, 6.45) is 1.87. The lowest BCUT2D eigenvalue weighted by Gasteiger charge is -2.16. The number of hydrogen-bond donors (Lipinski definition) is 1. The molecule has 0 bridgehead atoms. The van der Waals surface area contributed by atoms with Crippen LogP contribution in [0.15, 0.2) is 52.4 Å². The number of ether oxygens (including phenoxy) is 1. The molecule has 0 radical (unpaired) electrons. The summed E-state index contributed by atoms with van der Waals surface area (Å²) in [4.78, 5) is 30.1. The van der Waals surface area contributed by atoms with Gasteiger partial charge in [0.1, 0.15) is 0 Å². The van der Waals surface area contributed by atoms with Crippen LogP contribution in [0.25, 0.3) is 10.9 Å². The fraction of sp³-hybridized carbons (Fsp3) is 0.286. The maximum Gasteiger partial charge on any atom is 0.262 e. The van der Waals surface area contributed by atoms with Crippen molar-refractivity contribution < 1.29 is 9.53 Å². The van der Waals surface area contributed by atoms with E-state index in [9.17, 15) is 9.59 Å². The molecule has 1 aliphatic rings. The molecule has 1 unspecified atom stereocenters. The Balaban J connectivity index is 1.55. The molecule has 1 aromatic heterocycles. The third kappa shape index (κ3) is 4.81. The minimum absolute atomic E-state index is 0.0185. The van der Waals surface area contributed by atoms with Crippen molar-refractivity contribution in [2.75, 3.05) is 17.7 Å². The highest BCUT2D eigenvalue weighted by Crippen LogP contribution is 2.26. The SMILES string of the molecule is O=C(CSc1nc2ccccc2c(=O)n1CC1CCCO1)Nc1ccc(Cl)c(Cl)c1. The van der Waals surface area contributed by atoms with Crippen LogP contribution in [0.5, 0.6) is 0 Å². The molecule has 1 saturated heterocycles. The summed E-state index contributed by atoms with van der Waals surface area (Å²) < 4.78 is 7.33. The van der Waals surface area contributed by atoms with E-state index in [-0.39, 0.29) is 23.3 Å². The standard InChI is InChI=1S/C21H19Cl2N3O3S/c22-16-8-7-13(10-17(16)23)24-19(27)12-30-21-25-18-6-2-1-5-15(18)20(28)26(21)11-14-4-3-9-29-14/h1-2,5-8,10,14H,3-4,9,11-12H2,(H,24,27). The number of amides is 1. The van der Waals surface area contributed by atoms with E-state index in [0.29, 0.717) is 44.9 Å². The summed E-state index contributed by atoms with van der Waals surface area (Å²) in [7, 11) is 0. The first-order valence-corrected chi connectivity index (χ1v) is 11.2. The average Bonchev–Trinajstić information content (AvgIpc) is 3.25. The van der Waals surface area contributed by atoms with E-state index >= 15 is 0 Å². The highest BCUT2D eigenvalue weighted by atomic mass is 35.5. The Labute approximate surface area is 187 Å². The van der Waals surface area contributed by atoms with Crippen LogP contribution in [0.2, 0.25) is 10.0 Å². The molecule has 30 heavy (non-hydrogen) atoms. The zero-order valence-electron chi connectivity index (χ0n) is 15.9. The van der Waals surface area contributed by atoms with Crippen LogP contribution in [0.3, 0.4) is 0 Å². The lowest BCUT2D eigenvalue weighted by molar-refractivity contribution is -0.113. The number of halogens is 2. The fourth-order valence-corrected chi connectivity index (χ4v) is 4.42. The molecule has 0 spiro atoms. The van der Waals surface area contributed by atoms with Crippen LogP contribution in [-0.4, -0.2) is 33.9 Å². The molecule has 2 aromatic carbocycles. The lowest BCUT2D eigenvalue weighted by Crippen LogP contribution is -2.29. The molecule has 9 heteroatoms. The average molecular weight is 464 g/mol. The molecule has 1 fully saturated rings. The van der Waals surface area contributed by atoms with Gasteiger partial charge in [-0.25, -0.2) is 4.98 Å². The topological polar surface area (TPSA) is 73.2 Å². The molecule has 0 aliphatic carbocycles. The molecule has 3 aromatic rings. The van der Waals surface area contributed by atoms with Crippen molar-refractivity contribution in [2.45, 2.75) is 30.6 Å². The Kier molecular flexibility index (Phi) is 6.63. The van der Waals surface area contributed by atoms with Crippen molar-refractivity contribution in [1.82, 2.24) is 9.55 Å². The first-order chi connectivity index (χ1) is 14.5. The first kappa shape index (κ1) is 21.2. The number of thioether (sulfide) groups is 1. The van der Waals surface area contributed by atoms with E-state index in [1.807, 2.05) is 12.1 Å². The quantitative estimate of drug-likeness (QED) is 0.426. The Morgan fingerprint density at radius 1 is 1.23 bits per heavy atom. The summed E-state index contributed by atoms with van der Waals surface area (Å²) in [6, 6.07) is 12.1. The molecule has 4 rings (SSSR count). The number of rotatable bonds is 6. The van der Waals surface area contributed by atoms with Crippen LogP contribution in [0, 0.1) is 0 Å². The van der Waals surface area contributed by atoms with Gasteiger partial charge in [0.05, 0.1) is 39.3 Å². The smallest absolute Gasteiger partial charge is 0.262 e. The van der Waals surface area contributed by atoms with Gasteiger partial charge in [-0.3, -0.25) is 14.2 Å². The second-order valence-corrected chi connectivity index (χ2v) is 8.68. The van der Waals surface area contributed by atoms with E-state index in [2.05, 4.69) is 10.3 Å². The maximum atomic E-state index is 13.1. The van der Waals surface area contributed by atoms with Crippen molar-refractivity contribution in [3.05, 3.63) is 62.9 Å². The van der Waals surface area contributed by atoms with Gasteiger partial charge in [0.2, 0.25) is 5.91 Å². The van der Waals surface area contributed by atoms with E-state index in [0.717, 1.165) is 12.8 Å². The highest BCUT2D eigenvalue weighted by molar-refractivity contribution is 7.99. The van der Waals surface area contributed by atoms with Gasteiger partial charge >= 0.3 is 0 Å². The molecule has 1 atom stereocenters. The van der Waals surface area contributed by atoms with Gasteiger partial charge in [-0.1, -0.05) is 47.1 Å². The third-order valence-electron chi connectivity index (χ3n) is 4.77. The number of fused-ring (bicyclic) bond motifs is 1. The molecule has 1 N–H and O–H groups in total. The molecule has 1 amide bonds. The summed E-state index contributed by atoms with van der Waals surface area (Å²) in [6.45, 7) is 1.13. The summed E-state index contributed by atoms with van der Waals surface area (Å²) in [5, 5.41) is 4.62. The van der Waals surface area contributed by atoms with Gasteiger partial charge in [0.15, 0.2) is 5.16 Å². The van der Waals surface area contributed by atoms with Gasteiger partial charge in [0, 0.05) is 12.3 Å². The molecule has 156 valence electrons. The largest absolute Gasteiger partial charge is 0.376 e. The summed E-state index contributed by atoms with van der Waals surface area (Å²) in [5.74, 6) is -0.138. The van der Waals surface area contributed by atoms with Gasteiger partial charge < -0.3 is 10.1 Å². The molecule has 2 heterocycles. The van der Waals surface area contributed by atoms with E-state index in [4.69, 9.17) is 27.9 Å². The monoisotopic (exact) mass is 463 g/mol. The number of carbonyl (C=O) groups excluding carboxylic acids is 1. The number of hydrogen-bond acceptors (Lipinski definition) is 5. The predicted molar refractivity (Wildman–Crippen MR) is 121 cm³/mol. The molecule has 6 nitrogen and oxygen atoms in total. The Morgan fingerprint density at radius 3 is 2.83 bits per heavy atom. The molecular formula is C21H19Cl2N3O3S. The predicted octanol–water partition coefficient (Wildman–Crippen LogP) is 4.61. The maximum absolute atomic E-state index is 13.1. The molecule has 1 aliphatic heterocycles. The fourth-order valence-electron chi connectivity index (χ4n) is 3.31. The number of nitrogens with zero attached hydrogens (tertiary/aromatic N) is 2. The van der Waals surface area contributed by atoms with Crippen LogP contribution in [-0.2, 0) is 16.1 Å². The minimum atomic E-state index is -0.232. The lowest BCUT2D eigenvalue weighted by atomic mass is 10.2. The second-order valence-electron chi connectivity index (χ2n) is 6.93. The second kappa shape index (κ2) is 9.39. The Bertz CT molecular complexity index is 1150. The Morgan fingerprint density at radius 2 is 2.07 bits per heavy atom. The summed E-state index contributed by atoms with van der Waals surface area (Å²) in [5.41, 5.74) is 1.04. The van der Waals surface area contributed by atoms with E-state index in [1.165, 1.54) is 11.8 Å². The molecular weight excluding hydrogens is 445 g/mol. The van der Waals surface area contributed by atoms with Crippen LogP contribution < -0.4 is 10.9 Å². The zero-order valence-corrected chi connectivity index (χ0v) is 18.3. The third-order valence-corrected chi connectivity index (χ3v) is 6.49. The van der Waals surface area contributed by atoms with Crippen molar-refractivity contribution in [3.8, 4) is 0 Å². The van der Waals surface area contributed by atoms with Crippen LogP contribution >= 0.6 is 35.0 Å². The Hall–Kier alpha value is -2.06. The van der Waals surface area contributed by atoms with E-state index in [1.54, 1.807) is 34.9 Å². The number of para-hydroxylation sites is 1. The first-order valence-electron chi connectivity index (χ1n) is 9.50. The minimum Gasteiger partial charge on any atom is -0.376 e. The number of aromatic nitrogens is 2. The summed E-state index contributed by atoms with van der Waals surface area (Å²) >= 11 is 13.1. The van der Waals surface area contributed by atoms with Crippen LogP contribution in [0.4, 0.5) is 5.69 Å². The van der Waals surface area contributed by atoms with Gasteiger partial charge in [-0.15, -0.1) is 0 Å². The van der Waals surface area contributed by atoms with Gasteiger partial charge in [0.25, 0.3) is 5.56 Å². The van der Waals surface area contributed by atoms with Crippen molar-refractivity contribution in [1.29, 1.82) is 0 Å². The molecule has 0 saturated carbocycles. The highest BCUT2D eigenvalue weighted by Gasteiger charge is 2.20. The van der Waals surface area contributed by atoms with Crippen molar-refractivity contribution >= 4 is 57.5 Å². The van der Waals surface area contributed by atoms with E-state index < -0.39 is 0 Å². The van der Waals surface area contributed by atoms with Crippen LogP contribution in [0.1, 0.15) is 12.8 Å². The number of nitrogens with one attached hydrogen (secondary N) is 1. The number of benzene rings is 2. The zero-order chi connectivity index (χ0) is 21.1. The van der Waals surface area contributed by atoms with Crippen molar-refractivity contribution in [3.63, 3.8) is 0 Å².